The Bertz CT molecular complexity index is 2420. The average Bonchev–Trinajstić information content (AvgIpc) is 3.72. The first-order valence-electron chi connectivity index (χ1n) is 20.4. The molecule has 4 atom stereocenters. The van der Waals surface area contributed by atoms with Gasteiger partial charge in [0.2, 0.25) is 5.91 Å². The summed E-state index contributed by atoms with van der Waals surface area (Å²) < 4.78 is 38.4. The Hall–Kier alpha value is -7.55. The number of carbonyl (C=O) groups is 6. The van der Waals surface area contributed by atoms with Crippen molar-refractivity contribution in [3.63, 3.8) is 0 Å². The number of amides is 3. The summed E-state index contributed by atoms with van der Waals surface area (Å²) in [6.07, 6.45) is -2.29. The fourth-order valence-electron chi connectivity index (χ4n) is 5.85. The lowest BCUT2D eigenvalue weighted by molar-refractivity contribution is -0.162. The number of esters is 3. The topological polar surface area (TPSA) is 333 Å². The van der Waals surface area contributed by atoms with Crippen LogP contribution in [-0.2, 0) is 38.0 Å². The standard InChI is InChI=1S/C43H51N9O15/c1-43(2,3)41(59)67-31-20-35(66-32(31)22-53)52-21-26(36(44)49-42(52)60)9-7-11-46-33(54)23-63-14-15-64-34(50-51-45)24-65-30-10-6-8-25(19-30)37(55)47-12-13-48-38(56)27-16-28(39(57)61-4)18-29(17-27)40(58)62-5/h6,8,10,16-19,21,31-32,34-35,53H,11-15,20,22-24H2,1-5H3,(H,46,54)(H,47,55)(H,48,56)(H2,44,49,60)/t31-,32+,34?,35+/m0/s1. The van der Waals surface area contributed by atoms with E-state index in [0.29, 0.717) is 0 Å². The highest BCUT2D eigenvalue weighted by Gasteiger charge is 2.40. The van der Waals surface area contributed by atoms with Gasteiger partial charge < -0.3 is 59.9 Å². The van der Waals surface area contributed by atoms with Crippen LogP contribution in [0.1, 0.15) is 80.4 Å². The molecule has 67 heavy (non-hydrogen) atoms. The number of anilines is 1. The molecule has 0 bridgehead atoms. The predicted octanol–water partition coefficient (Wildman–Crippen LogP) is 1.01. The quantitative estimate of drug-likeness (QED) is 0.0189. The summed E-state index contributed by atoms with van der Waals surface area (Å²) in [5, 5.41) is 21.1. The van der Waals surface area contributed by atoms with Crippen molar-refractivity contribution in [1.82, 2.24) is 25.5 Å². The molecule has 0 radical (unpaired) electrons. The summed E-state index contributed by atoms with van der Waals surface area (Å²) in [5.74, 6) is 1.92. The van der Waals surface area contributed by atoms with Crippen molar-refractivity contribution in [1.29, 1.82) is 0 Å². The molecule has 0 saturated carbocycles. The van der Waals surface area contributed by atoms with E-state index in [9.17, 15) is 38.7 Å². The van der Waals surface area contributed by atoms with Crippen molar-refractivity contribution in [2.24, 2.45) is 10.5 Å². The molecule has 24 nitrogen and oxygen atoms in total. The van der Waals surface area contributed by atoms with Crippen LogP contribution >= 0.6 is 0 Å². The van der Waals surface area contributed by atoms with Crippen LogP contribution < -0.4 is 32.1 Å². The number of aliphatic hydroxyl groups is 1. The average molecular weight is 934 g/mol. The number of nitrogens with two attached hydrogens (primary N) is 1. The van der Waals surface area contributed by atoms with Gasteiger partial charge in [0, 0.05) is 41.7 Å². The minimum Gasteiger partial charge on any atom is -0.491 e. The van der Waals surface area contributed by atoms with Gasteiger partial charge in [0.25, 0.3) is 11.8 Å². The minimum atomic E-state index is -1.10. The van der Waals surface area contributed by atoms with E-state index in [2.05, 4.69) is 52.3 Å². The van der Waals surface area contributed by atoms with Crippen LogP contribution in [0.4, 0.5) is 5.82 Å². The van der Waals surface area contributed by atoms with Gasteiger partial charge in [0.1, 0.15) is 43.2 Å². The third-order valence-electron chi connectivity index (χ3n) is 9.29. The second-order valence-corrected chi connectivity index (χ2v) is 15.3. The molecule has 2 aromatic carbocycles. The van der Waals surface area contributed by atoms with Crippen molar-refractivity contribution in [3.8, 4) is 17.6 Å². The number of ether oxygens (including phenoxy) is 7. The Labute approximate surface area is 383 Å². The minimum absolute atomic E-state index is 0.00160. The first-order valence-corrected chi connectivity index (χ1v) is 20.4. The van der Waals surface area contributed by atoms with Crippen molar-refractivity contribution < 1.29 is 67.0 Å². The number of benzene rings is 2. The third kappa shape index (κ3) is 15.8. The van der Waals surface area contributed by atoms with E-state index in [4.69, 9.17) is 34.9 Å². The van der Waals surface area contributed by atoms with Gasteiger partial charge in [-0.2, -0.15) is 4.98 Å². The van der Waals surface area contributed by atoms with Crippen molar-refractivity contribution in [2.75, 3.05) is 72.6 Å². The molecule has 3 aromatic rings. The summed E-state index contributed by atoms with van der Waals surface area (Å²) >= 11 is 0. The van der Waals surface area contributed by atoms with E-state index in [1.807, 2.05) is 0 Å². The van der Waals surface area contributed by atoms with E-state index in [1.165, 1.54) is 36.5 Å². The molecule has 1 aliphatic rings. The van der Waals surface area contributed by atoms with E-state index < -0.39 is 78.0 Å². The van der Waals surface area contributed by atoms with Gasteiger partial charge in [0.05, 0.1) is 62.7 Å². The first kappa shape index (κ1) is 52.1. The van der Waals surface area contributed by atoms with E-state index in [-0.39, 0.29) is 91.9 Å². The molecule has 3 amide bonds. The number of azide groups is 1. The molecule has 0 aliphatic carbocycles. The number of aromatic nitrogens is 2. The SMILES string of the molecule is COC(=O)c1cc(C(=O)NCCNC(=O)c2cccc(OCC(N=[N+]=[N-])OCCOCC(=O)NCC#Cc3cn([C@H]4C[C@H](OC(=O)C(C)(C)C)[C@@H](CO)O4)c(=O)nc3N)c2)cc(C(=O)OC)c1. The molecule has 1 fully saturated rings. The summed E-state index contributed by atoms with van der Waals surface area (Å²) in [5.41, 5.74) is 13.7. The molecular formula is C43H51N9O15. The molecule has 1 aliphatic heterocycles. The molecule has 24 heteroatoms. The molecule has 4 rings (SSSR count). The lowest BCUT2D eigenvalue weighted by atomic mass is 9.97. The number of aliphatic hydroxyl groups excluding tert-OH is 1. The van der Waals surface area contributed by atoms with Crippen LogP contribution in [0.5, 0.6) is 5.75 Å². The van der Waals surface area contributed by atoms with Crippen molar-refractivity contribution in [3.05, 3.63) is 97.4 Å². The number of hydrogen-bond donors (Lipinski definition) is 5. The van der Waals surface area contributed by atoms with Crippen LogP contribution in [0.25, 0.3) is 10.4 Å². The highest BCUT2D eigenvalue weighted by Crippen LogP contribution is 2.32. The molecule has 1 unspecified atom stereocenters. The highest BCUT2D eigenvalue weighted by atomic mass is 16.6. The fraction of sp³-hybridized carbons (Fsp3) is 0.442. The van der Waals surface area contributed by atoms with Gasteiger partial charge in [-0.05, 0) is 62.7 Å². The highest BCUT2D eigenvalue weighted by molar-refractivity contribution is 6.02. The number of carbonyl (C=O) groups excluding carboxylic acids is 6. The Kier molecular flexibility index (Phi) is 19.6. The number of methoxy groups -OCH3 is 2. The first-order chi connectivity index (χ1) is 32.0. The zero-order valence-electron chi connectivity index (χ0n) is 37.3. The molecule has 2 heterocycles. The van der Waals surface area contributed by atoms with E-state index >= 15 is 0 Å². The van der Waals surface area contributed by atoms with Gasteiger partial charge in [-0.3, -0.25) is 23.7 Å². The zero-order chi connectivity index (χ0) is 49.1. The van der Waals surface area contributed by atoms with Gasteiger partial charge in [-0.15, -0.1) is 0 Å². The van der Waals surface area contributed by atoms with Crippen LogP contribution in [-0.4, -0.2) is 136 Å². The second kappa shape index (κ2) is 25.2. The number of nitrogens with zero attached hydrogens (tertiary/aromatic N) is 5. The molecular weight excluding hydrogens is 883 g/mol. The number of hydrogen-bond acceptors (Lipinski definition) is 18. The summed E-state index contributed by atoms with van der Waals surface area (Å²) in [6.45, 7) is 3.74. The molecule has 6 N–H and O–H groups in total. The largest absolute Gasteiger partial charge is 0.491 e. The van der Waals surface area contributed by atoms with E-state index in [0.717, 1.165) is 18.8 Å². The molecule has 1 aromatic heterocycles. The normalized spacial score (nSPS) is 15.6. The fourth-order valence-corrected chi connectivity index (χ4v) is 5.85. The molecule has 1 saturated heterocycles. The van der Waals surface area contributed by atoms with Crippen LogP contribution in [0.3, 0.4) is 0 Å². The van der Waals surface area contributed by atoms with Crippen LogP contribution in [0.15, 0.2) is 58.6 Å². The Morgan fingerprint density at radius 1 is 0.985 bits per heavy atom. The summed E-state index contributed by atoms with van der Waals surface area (Å²) in [7, 11) is 2.31. The molecule has 358 valence electrons. The Morgan fingerprint density at radius 2 is 1.64 bits per heavy atom. The van der Waals surface area contributed by atoms with Crippen LogP contribution in [0.2, 0.25) is 0 Å². The van der Waals surface area contributed by atoms with Gasteiger partial charge in [-0.25, -0.2) is 14.4 Å². The maximum atomic E-state index is 12.8. The second-order valence-electron chi connectivity index (χ2n) is 15.3. The number of rotatable bonds is 21. The third-order valence-corrected chi connectivity index (χ3v) is 9.29. The number of nitrogen functional groups attached to an aromatic ring is 1. The van der Waals surface area contributed by atoms with Crippen molar-refractivity contribution >= 4 is 41.4 Å². The Balaban J connectivity index is 1.16. The monoisotopic (exact) mass is 933 g/mol. The lowest BCUT2D eigenvalue weighted by Gasteiger charge is -2.22. The molecule has 0 spiro atoms. The van der Waals surface area contributed by atoms with Gasteiger partial charge >= 0.3 is 23.6 Å². The Morgan fingerprint density at radius 3 is 2.27 bits per heavy atom. The summed E-state index contributed by atoms with van der Waals surface area (Å²) in [4.78, 5) is 93.7. The predicted molar refractivity (Wildman–Crippen MR) is 233 cm³/mol. The van der Waals surface area contributed by atoms with E-state index in [1.54, 1.807) is 32.9 Å². The van der Waals surface area contributed by atoms with Crippen molar-refractivity contribution in [2.45, 2.75) is 51.9 Å². The maximum absolute atomic E-state index is 12.8. The lowest BCUT2D eigenvalue weighted by Crippen LogP contribution is -2.34. The zero-order valence-corrected chi connectivity index (χ0v) is 37.3. The van der Waals surface area contributed by atoms with Gasteiger partial charge in [-0.1, -0.05) is 23.0 Å². The van der Waals surface area contributed by atoms with Crippen LogP contribution in [0, 0.1) is 17.3 Å². The van der Waals surface area contributed by atoms with Gasteiger partial charge in [0.15, 0.2) is 6.23 Å². The number of nitrogens with one attached hydrogen (secondary N) is 3. The summed E-state index contributed by atoms with van der Waals surface area (Å²) in [6, 6.07) is 9.84. The smallest absolute Gasteiger partial charge is 0.351 e. The maximum Gasteiger partial charge on any atom is 0.351 e.